The van der Waals surface area contributed by atoms with Crippen LogP contribution in [0.2, 0.25) is 0 Å². The van der Waals surface area contributed by atoms with Gasteiger partial charge in [-0.25, -0.2) is 4.98 Å². The molecule has 0 atom stereocenters. The second kappa shape index (κ2) is 6.64. The summed E-state index contributed by atoms with van der Waals surface area (Å²) in [6.07, 6.45) is 2.93. The highest BCUT2D eigenvalue weighted by molar-refractivity contribution is 5.82. The average molecular weight is 340 g/mol. The number of furan rings is 1. The molecule has 0 aliphatic carbocycles. The van der Waals surface area contributed by atoms with Gasteiger partial charge in [0.05, 0.1) is 13.5 Å². The Hall–Kier alpha value is -3.35. The molecule has 0 unspecified atom stereocenters. The quantitative estimate of drug-likeness (QED) is 0.740. The van der Waals surface area contributed by atoms with Crippen molar-refractivity contribution < 1.29 is 19.1 Å². The smallest absolute Gasteiger partial charge is 0.308 e. The highest BCUT2D eigenvalue weighted by Crippen LogP contribution is 2.25. The molecule has 0 bridgehead atoms. The Labute approximate surface area is 142 Å². The number of hydrogen-bond acceptors (Lipinski definition) is 5. The maximum absolute atomic E-state index is 12.0. The van der Waals surface area contributed by atoms with Gasteiger partial charge in [-0.05, 0) is 43.3 Å². The van der Waals surface area contributed by atoms with Crippen LogP contribution >= 0.6 is 0 Å². The standard InChI is InChI=1S/C18H16N2O5/c1-10-14(9-17(21)22)18(23)20-16(19-10)6-4-13-8-11-7-12(24-2)3-5-15(11)25-13/h3-8H,9H2,1-2H3,(H,21,22)(H,19,20,23)/b6-4+. The van der Waals surface area contributed by atoms with Crippen LogP contribution in [0.3, 0.4) is 0 Å². The molecule has 0 aliphatic heterocycles. The van der Waals surface area contributed by atoms with Crippen LogP contribution in [0, 0.1) is 6.92 Å². The van der Waals surface area contributed by atoms with Gasteiger partial charge in [0, 0.05) is 16.6 Å². The van der Waals surface area contributed by atoms with E-state index in [0.717, 1.165) is 16.7 Å². The first kappa shape index (κ1) is 16.5. The number of carboxylic acid groups (broad SMARTS) is 1. The number of aromatic nitrogens is 2. The van der Waals surface area contributed by atoms with E-state index in [0.29, 0.717) is 17.3 Å². The van der Waals surface area contributed by atoms with Crippen LogP contribution in [0.5, 0.6) is 5.75 Å². The summed E-state index contributed by atoms with van der Waals surface area (Å²) in [5.41, 5.74) is 0.805. The molecule has 7 nitrogen and oxygen atoms in total. The second-order valence-electron chi connectivity index (χ2n) is 5.47. The van der Waals surface area contributed by atoms with Crippen molar-refractivity contribution >= 4 is 29.1 Å². The molecule has 0 fully saturated rings. The molecule has 2 aromatic heterocycles. The monoisotopic (exact) mass is 340 g/mol. The molecule has 128 valence electrons. The minimum Gasteiger partial charge on any atom is -0.497 e. The molecule has 1 aromatic carbocycles. The number of carboxylic acids is 1. The van der Waals surface area contributed by atoms with Crippen molar-refractivity contribution in [1.82, 2.24) is 9.97 Å². The zero-order valence-corrected chi connectivity index (χ0v) is 13.7. The lowest BCUT2D eigenvalue weighted by Gasteiger charge is -2.02. The maximum atomic E-state index is 12.0. The lowest BCUT2D eigenvalue weighted by atomic mass is 10.2. The number of benzene rings is 1. The number of aromatic amines is 1. The topological polar surface area (TPSA) is 105 Å². The van der Waals surface area contributed by atoms with E-state index < -0.39 is 11.5 Å². The van der Waals surface area contributed by atoms with Crippen LogP contribution in [0.1, 0.15) is 22.8 Å². The molecule has 7 heteroatoms. The van der Waals surface area contributed by atoms with Crippen LogP contribution in [-0.2, 0) is 11.2 Å². The second-order valence-corrected chi connectivity index (χ2v) is 5.47. The van der Waals surface area contributed by atoms with Crippen LogP contribution in [0.15, 0.2) is 33.5 Å². The maximum Gasteiger partial charge on any atom is 0.308 e. The molecule has 2 N–H and O–H groups in total. The molecular weight excluding hydrogens is 324 g/mol. The zero-order chi connectivity index (χ0) is 18.0. The molecule has 0 saturated carbocycles. The Bertz CT molecular complexity index is 1030. The van der Waals surface area contributed by atoms with Gasteiger partial charge in [0.2, 0.25) is 0 Å². The summed E-state index contributed by atoms with van der Waals surface area (Å²) in [4.78, 5) is 29.6. The molecule has 3 rings (SSSR count). The molecular formula is C18H16N2O5. The Balaban J connectivity index is 1.89. The molecule has 25 heavy (non-hydrogen) atoms. The van der Waals surface area contributed by atoms with Crippen LogP contribution in [0.4, 0.5) is 0 Å². The number of fused-ring (bicyclic) bond motifs is 1. The number of ether oxygens (including phenoxy) is 1. The van der Waals surface area contributed by atoms with Gasteiger partial charge in [-0.3, -0.25) is 9.59 Å². The SMILES string of the molecule is COc1ccc2oc(/C=C/c3nc(C)c(CC(=O)O)c(=O)[nH]3)cc2c1. The first-order valence-electron chi connectivity index (χ1n) is 7.53. The van der Waals surface area contributed by atoms with Crippen molar-refractivity contribution in [2.24, 2.45) is 0 Å². The largest absolute Gasteiger partial charge is 0.497 e. The number of carbonyl (C=O) groups is 1. The molecule has 3 aromatic rings. The molecule has 0 spiro atoms. The van der Waals surface area contributed by atoms with Gasteiger partial charge in [0.25, 0.3) is 5.56 Å². The number of H-pyrrole nitrogens is 1. The minimum absolute atomic E-state index is 0.153. The lowest BCUT2D eigenvalue weighted by molar-refractivity contribution is -0.136. The minimum atomic E-state index is -1.07. The summed E-state index contributed by atoms with van der Waals surface area (Å²) in [5.74, 6) is 0.587. The number of hydrogen-bond donors (Lipinski definition) is 2. The van der Waals surface area contributed by atoms with E-state index in [-0.39, 0.29) is 12.0 Å². The van der Waals surface area contributed by atoms with Crippen molar-refractivity contribution in [2.45, 2.75) is 13.3 Å². The highest BCUT2D eigenvalue weighted by Gasteiger charge is 2.11. The van der Waals surface area contributed by atoms with Crippen LogP contribution < -0.4 is 10.3 Å². The van der Waals surface area contributed by atoms with E-state index in [1.165, 1.54) is 0 Å². The Morgan fingerprint density at radius 2 is 2.16 bits per heavy atom. The fourth-order valence-corrected chi connectivity index (χ4v) is 2.48. The summed E-state index contributed by atoms with van der Waals surface area (Å²) in [6, 6.07) is 7.33. The van der Waals surface area contributed by atoms with E-state index in [9.17, 15) is 9.59 Å². The third-order valence-electron chi connectivity index (χ3n) is 3.72. The average Bonchev–Trinajstić information content (AvgIpc) is 2.98. The van der Waals surface area contributed by atoms with Crippen molar-refractivity contribution in [1.29, 1.82) is 0 Å². The molecule has 0 saturated heterocycles. The number of nitrogens with zero attached hydrogens (tertiary/aromatic N) is 1. The van der Waals surface area contributed by atoms with Gasteiger partial charge in [0.15, 0.2) is 0 Å². The summed E-state index contributed by atoms with van der Waals surface area (Å²) in [6.45, 7) is 1.61. The third kappa shape index (κ3) is 3.60. The van der Waals surface area contributed by atoms with Gasteiger partial charge in [-0.2, -0.15) is 0 Å². The predicted molar refractivity (Wildman–Crippen MR) is 92.6 cm³/mol. The number of nitrogens with one attached hydrogen (secondary N) is 1. The van der Waals surface area contributed by atoms with Gasteiger partial charge >= 0.3 is 5.97 Å². The van der Waals surface area contributed by atoms with Crippen LogP contribution in [-0.4, -0.2) is 28.2 Å². The Morgan fingerprint density at radius 3 is 2.84 bits per heavy atom. The Morgan fingerprint density at radius 1 is 1.36 bits per heavy atom. The zero-order valence-electron chi connectivity index (χ0n) is 13.7. The summed E-state index contributed by atoms with van der Waals surface area (Å²) in [5, 5.41) is 9.72. The summed E-state index contributed by atoms with van der Waals surface area (Å²) in [7, 11) is 1.60. The molecule has 0 aliphatic rings. The first-order chi connectivity index (χ1) is 12.0. The van der Waals surface area contributed by atoms with E-state index in [4.69, 9.17) is 14.3 Å². The Kier molecular flexibility index (Phi) is 4.38. The predicted octanol–water partition coefficient (Wildman–Crippen LogP) is 2.63. The van der Waals surface area contributed by atoms with Crippen LogP contribution in [0.25, 0.3) is 23.1 Å². The number of methoxy groups -OCH3 is 1. The van der Waals surface area contributed by atoms with E-state index in [1.54, 1.807) is 26.2 Å². The lowest BCUT2D eigenvalue weighted by Crippen LogP contribution is -2.20. The van der Waals surface area contributed by atoms with Crippen molar-refractivity contribution in [3.8, 4) is 5.75 Å². The normalized spacial score (nSPS) is 11.3. The number of aryl methyl sites for hydroxylation is 1. The molecule has 2 heterocycles. The van der Waals surface area contributed by atoms with Gasteiger partial charge < -0.3 is 19.2 Å². The number of rotatable bonds is 5. The third-order valence-corrected chi connectivity index (χ3v) is 3.72. The highest BCUT2D eigenvalue weighted by atomic mass is 16.5. The molecule has 0 amide bonds. The van der Waals surface area contributed by atoms with E-state index >= 15 is 0 Å². The summed E-state index contributed by atoms with van der Waals surface area (Å²) < 4.78 is 10.9. The fourth-order valence-electron chi connectivity index (χ4n) is 2.48. The summed E-state index contributed by atoms with van der Waals surface area (Å²) >= 11 is 0. The van der Waals surface area contributed by atoms with Crippen molar-refractivity contribution in [3.05, 3.63) is 57.5 Å². The van der Waals surface area contributed by atoms with Crippen molar-refractivity contribution in [2.75, 3.05) is 7.11 Å². The molecule has 0 radical (unpaired) electrons. The fraction of sp³-hybridized carbons (Fsp3) is 0.167. The van der Waals surface area contributed by atoms with Gasteiger partial charge in [-0.15, -0.1) is 0 Å². The first-order valence-corrected chi connectivity index (χ1v) is 7.53. The number of aliphatic carboxylic acids is 1. The van der Waals surface area contributed by atoms with Gasteiger partial charge in [-0.1, -0.05) is 0 Å². The van der Waals surface area contributed by atoms with Gasteiger partial charge in [0.1, 0.15) is 22.9 Å². The van der Waals surface area contributed by atoms with E-state index in [2.05, 4.69) is 9.97 Å². The van der Waals surface area contributed by atoms with E-state index in [1.807, 2.05) is 24.3 Å². The van der Waals surface area contributed by atoms with Crippen molar-refractivity contribution in [3.63, 3.8) is 0 Å².